The molecule has 0 N–H and O–H groups in total. The van der Waals surface area contributed by atoms with Crippen LogP contribution in [0.15, 0.2) is 29.3 Å². The second-order valence-corrected chi connectivity index (χ2v) is 5.76. The van der Waals surface area contributed by atoms with E-state index in [1.165, 1.54) is 18.4 Å². The monoisotopic (exact) mass is 308 g/mol. The fourth-order valence-electron chi connectivity index (χ4n) is 2.66. The average molecular weight is 308 g/mol. The summed E-state index contributed by atoms with van der Waals surface area (Å²) in [5, 5.41) is 0. The summed E-state index contributed by atoms with van der Waals surface area (Å²) in [5.41, 5.74) is 4.12. The van der Waals surface area contributed by atoms with E-state index in [-0.39, 0.29) is 0 Å². The first-order chi connectivity index (χ1) is 11.2. The zero-order valence-electron chi connectivity index (χ0n) is 13.5. The van der Waals surface area contributed by atoms with Gasteiger partial charge in [0.25, 0.3) is 0 Å². The van der Waals surface area contributed by atoms with Crippen LogP contribution in [0.1, 0.15) is 29.5 Å². The van der Waals surface area contributed by atoms with Gasteiger partial charge in [-0.05, 0) is 37.0 Å². The Morgan fingerprint density at radius 3 is 2.91 bits per heavy atom. The van der Waals surface area contributed by atoms with Crippen LogP contribution < -0.4 is 0 Å². The lowest BCUT2D eigenvalue weighted by Gasteiger charge is -2.28. The zero-order valence-corrected chi connectivity index (χ0v) is 13.5. The quantitative estimate of drug-likeness (QED) is 0.364. The first-order valence-electron chi connectivity index (χ1n) is 7.84. The highest BCUT2D eigenvalue weighted by Gasteiger charge is 2.22. The number of methoxy groups -OCH3 is 1. The van der Waals surface area contributed by atoms with E-state index in [2.05, 4.69) is 22.9 Å². The van der Waals surface area contributed by atoms with Crippen LogP contribution in [-0.2, 0) is 16.0 Å². The van der Waals surface area contributed by atoms with Gasteiger partial charge in [-0.1, -0.05) is 17.9 Å². The van der Waals surface area contributed by atoms with E-state index in [1.807, 2.05) is 18.2 Å². The number of aliphatic imine (C=N–C) groups is 1. The molecule has 1 amide bonds. The number of benzene rings is 1. The summed E-state index contributed by atoms with van der Waals surface area (Å²) in [5.74, 6) is 7.64. The van der Waals surface area contributed by atoms with Crippen molar-refractivity contribution in [3.63, 3.8) is 0 Å². The molecule has 2 aliphatic rings. The Bertz CT molecular complexity index is 733. The van der Waals surface area contributed by atoms with E-state index in [1.54, 1.807) is 19.1 Å². The third-order valence-corrected chi connectivity index (χ3v) is 4.13. The zero-order chi connectivity index (χ0) is 16.2. The van der Waals surface area contributed by atoms with Crippen molar-refractivity contribution in [1.82, 2.24) is 4.90 Å². The fraction of sp³-hybridized carbons (Fsp3) is 0.368. The van der Waals surface area contributed by atoms with E-state index >= 15 is 0 Å². The van der Waals surface area contributed by atoms with E-state index in [0.717, 1.165) is 29.7 Å². The molecule has 1 aliphatic carbocycles. The van der Waals surface area contributed by atoms with Crippen molar-refractivity contribution in [1.29, 1.82) is 0 Å². The molecular weight excluding hydrogens is 288 g/mol. The van der Waals surface area contributed by atoms with Crippen molar-refractivity contribution >= 4 is 18.0 Å². The largest absolute Gasteiger partial charge is 0.481 e. The number of carbonyl (C=O) groups is 1. The predicted molar refractivity (Wildman–Crippen MR) is 90.9 cm³/mol. The normalized spacial score (nSPS) is 19.0. The smallest absolute Gasteiger partial charge is 0.214 e. The Kier molecular flexibility index (Phi) is 4.47. The number of hydrogen-bond donors (Lipinski definition) is 0. The van der Waals surface area contributed by atoms with Crippen LogP contribution in [0.3, 0.4) is 0 Å². The van der Waals surface area contributed by atoms with Gasteiger partial charge in [0.2, 0.25) is 12.3 Å². The highest BCUT2D eigenvalue weighted by molar-refractivity contribution is 5.97. The van der Waals surface area contributed by atoms with Gasteiger partial charge in [0.1, 0.15) is 0 Å². The average Bonchev–Trinajstić information content (AvgIpc) is 3.41. The lowest BCUT2D eigenvalue weighted by molar-refractivity contribution is -0.115. The number of carbonyl (C=O) groups excluding carboxylic acids is 1. The highest BCUT2D eigenvalue weighted by atomic mass is 16.5. The van der Waals surface area contributed by atoms with Gasteiger partial charge >= 0.3 is 0 Å². The van der Waals surface area contributed by atoms with Gasteiger partial charge in [0, 0.05) is 36.7 Å². The summed E-state index contributed by atoms with van der Waals surface area (Å²) in [6.07, 6.45) is 5.96. The van der Waals surface area contributed by atoms with Crippen molar-refractivity contribution in [3.8, 4) is 11.8 Å². The third kappa shape index (κ3) is 3.45. The van der Waals surface area contributed by atoms with E-state index < -0.39 is 0 Å². The molecule has 23 heavy (non-hydrogen) atoms. The molecule has 1 aromatic rings. The molecule has 0 radical (unpaired) electrons. The second-order valence-electron chi connectivity index (χ2n) is 5.76. The van der Waals surface area contributed by atoms with Crippen LogP contribution in [0.4, 0.5) is 0 Å². The summed E-state index contributed by atoms with van der Waals surface area (Å²) in [7, 11) is 3.24. The van der Waals surface area contributed by atoms with Gasteiger partial charge in [0.15, 0.2) is 0 Å². The SMILES string of the molecule is C/N=C(\C=C1\c2ccc(C#CC3CC3)cc2CCN1C=O)OC. The summed E-state index contributed by atoms with van der Waals surface area (Å²) in [6, 6.07) is 6.19. The van der Waals surface area contributed by atoms with E-state index in [0.29, 0.717) is 18.4 Å². The Labute approximate surface area is 136 Å². The molecule has 1 aromatic carbocycles. The molecule has 0 bridgehead atoms. The van der Waals surface area contributed by atoms with Gasteiger partial charge in [-0.3, -0.25) is 9.79 Å². The Morgan fingerprint density at radius 2 is 2.26 bits per heavy atom. The molecule has 0 saturated heterocycles. The molecule has 118 valence electrons. The van der Waals surface area contributed by atoms with Crippen molar-refractivity contribution in [2.45, 2.75) is 19.3 Å². The highest BCUT2D eigenvalue weighted by Crippen LogP contribution is 2.30. The van der Waals surface area contributed by atoms with E-state index in [9.17, 15) is 4.79 Å². The second kappa shape index (κ2) is 6.70. The lowest BCUT2D eigenvalue weighted by atomic mass is 9.94. The molecule has 1 heterocycles. The Balaban J connectivity index is 1.98. The van der Waals surface area contributed by atoms with Crippen LogP contribution in [0.25, 0.3) is 5.70 Å². The van der Waals surface area contributed by atoms with Crippen LogP contribution in [0.5, 0.6) is 0 Å². The van der Waals surface area contributed by atoms with Crippen molar-refractivity contribution in [2.75, 3.05) is 20.7 Å². The summed E-state index contributed by atoms with van der Waals surface area (Å²) < 4.78 is 5.21. The number of nitrogens with zero attached hydrogens (tertiary/aromatic N) is 2. The molecule has 0 atom stereocenters. The van der Waals surface area contributed by atoms with Crippen LogP contribution >= 0.6 is 0 Å². The topological polar surface area (TPSA) is 41.9 Å². The molecule has 1 fully saturated rings. The molecule has 0 unspecified atom stereocenters. The van der Waals surface area contributed by atoms with Crippen molar-refractivity contribution in [2.24, 2.45) is 10.9 Å². The van der Waals surface area contributed by atoms with Gasteiger partial charge in [-0.25, -0.2) is 0 Å². The summed E-state index contributed by atoms with van der Waals surface area (Å²) in [4.78, 5) is 17.1. The van der Waals surface area contributed by atoms with Crippen LogP contribution in [0, 0.1) is 17.8 Å². The molecule has 3 rings (SSSR count). The molecule has 1 saturated carbocycles. The van der Waals surface area contributed by atoms with Gasteiger partial charge in [-0.2, -0.15) is 0 Å². The molecule has 1 aliphatic heterocycles. The fourth-order valence-corrected chi connectivity index (χ4v) is 2.66. The summed E-state index contributed by atoms with van der Waals surface area (Å²) >= 11 is 0. The standard InChI is InChI=1S/C19H20N2O2/c1-20-19(23-2)12-18-17-8-7-15(6-5-14-3-4-14)11-16(17)9-10-21(18)13-22/h7-8,11-14H,3-4,9-10H2,1-2H3/b18-12-,20-19+. The van der Waals surface area contributed by atoms with Crippen molar-refractivity contribution in [3.05, 3.63) is 41.0 Å². The molecule has 0 aromatic heterocycles. The number of amides is 1. The predicted octanol–water partition coefficient (Wildman–Crippen LogP) is 2.48. The molecule has 0 spiro atoms. The number of hydrogen-bond acceptors (Lipinski definition) is 3. The Hall–Kier alpha value is -2.54. The van der Waals surface area contributed by atoms with E-state index in [4.69, 9.17) is 4.74 Å². The third-order valence-electron chi connectivity index (χ3n) is 4.13. The maximum absolute atomic E-state index is 11.4. The van der Waals surface area contributed by atoms with Crippen molar-refractivity contribution < 1.29 is 9.53 Å². The molecule has 4 heteroatoms. The number of fused-ring (bicyclic) bond motifs is 1. The van der Waals surface area contributed by atoms with Gasteiger partial charge in [0.05, 0.1) is 12.8 Å². The minimum atomic E-state index is 0.498. The Morgan fingerprint density at radius 1 is 1.43 bits per heavy atom. The number of ether oxygens (including phenoxy) is 1. The first kappa shape index (κ1) is 15.4. The minimum absolute atomic E-state index is 0.498. The molecule has 4 nitrogen and oxygen atoms in total. The maximum Gasteiger partial charge on any atom is 0.214 e. The first-order valence-corrected chi connectivity index (χ1v) is 7.84. The number of rotatable bonds is 2. The van der Waals surface area contributed by atoms with Crippen LogP contribution in [0.2, 0.25) is 0 Å². The maximum atomic E-state index is 11.4. The van der Waals surface area contributed by atoms with Gasteiger partial charge < -0.3 is 9.64 Å². The lowest BCUT2D eigenvalue weighted by Crippen LogP contribution is -2.29. The van der Waals surface area contributed by atoms with Gasteiger partial charge in [-0.15, -0.1) is 0 Å². The van der Waals surface area contributed by atoms with Crippen LogP contribution in [-0.4, -0.2) is 37.9 Å². The minimum Gasteiger partial charge on any atom is -0.481 e. The summed E-state index contributed by atoms with van der Waals surface area (Å²) in [6.45, 7) is 0.655. The molecular formula is C19H20N2O2.